The fourth-order valence-corrected chi connectivity index (χ4v) is 4.56. The predicted molar refractivity (Wildman–Crippen MR) is 137 cm³/mol. The predicted octanol–water partition coefficient (Wildman–Crippen LogP) is 0.605. The first-order valence-electron chi connectivity index (χ1n) is 12.2. The lowest BCUT2D eigenvalue weighted by molar-refractivity contribution is -0.835. The van der Waals surface area contributed by atoms with Crippen LogP contribution in [0.3, 0.4) is 0 Å². The Balaban J connectivity index is 0.000000517. The number of carbonyl (C=O) groups is 2. The Morgan fingerprint density at radius 3 is 2.48 bits per heavy atom. The third kappa shape index (κ3) is 7.00. The van der Waals surface area contributed by atoms with Crippen molar-refractivity contribution in [3.63, 3.8) is 0 Å². The molecule has 1 atom stereocenters. The summed E-state index contributed by atoms with van der Waals surface area (Å²) in [6, 6.07) is 6.07. The topological polar surface area (TPSA) is 154 Å². The molecule has 1 fully saturated rings. The molecule has 5 rings (SSSR count). The Morgan fingerprint density at radius 2 is 1.81 bits per heavy atom. The monoisotopic (exact) mass is 630 g/mol. The summed E-state index contributed by atoms with van der Waals surface area (Å²) >= 11 is 12.1. The van der Waals surface area contributed by atoms with Crippen molar-refractivity contribution >= 4 is 46.7 Å². The fraction of sp³-hybridized carbons (Fsp3) is 0.292. The number of nitrogens with one attached hydrogen (secondary N) is 2. The first-order chi connectivity index (χ1) is 19.9. The number of imidazole rings is 1. The van der Waals surface area contributed by atoms with Gasteiger partial charge in [0, 0.05) is 31.8 Å². The molecule has 1 saturated heterocycles. The van der Waals surface area contributed by atoms with E-state index in [4.69, 9.17) is 33.1 Å². The van der Waals surface area contributed by atoms with Crippen molar-refractivity contribution in [1.29, 1.82) is 0 Å². The van der Waals surface area contributed by atoms with E-state index in [-0.39, 0.29) is 33.8 Å². The standard InChI is InChI=1S/C22H19Cl2FN8O2.C2HF3O2/c23-17-18(24)33-19(28-17)16(29-30-22(33)35)12-13-3-4-15(25)14(11-13)20(34)31-7-2-8-32(10-9-31)21-26-5-1-6-27-21;3-2(4,5)1(6)7/h1,3-6,11H,2,7-10,12H2,(H,30,35);(H,6,7). The van der Waals surface area contributed by atoms with Crippen molar-refractivity contribution in [2.75, 3.05) is 26.2 Å². The van der Waals surface area contributed by atoms with Crippen LogP contribution in [-0.2, 0) is 11.2 Å². The van der Waals surface area contributed by atoms with Gasteiger partial charge in [-0.25, -0.2) is 23.7 Å². The summed E-state index contributed by atoms with van der Waals surface area (Å²) in [6.07, 6.45) is -0.893. The number of aromatic nitrogens is 6. The molecule has 3 aromatic heterocycles. The molecule has 222 valence electrons. The third-order valence-electron chi connectivity index (χ3n) is 6.15. The molecule has 1 aliphatic rings. The molecule has 4 aromatic rings. The highest BCUT2D eigenvalue weighted by atomic mass is 35.5. The number of benzene rings is 1. The Morgan fingerprint density at radius 1 is 1.12 bits per heavy atom. The third-order valence-corrected chi connectivity index (χ3v) is 6.86. The van der Waals surface area contributed by atoms with E-state index in [1.165, 1.54) is 12.1 Å². The van der Waals surface area contributed by atoms with Gasteiger partial charge in [0.05, 0.1) is 18.7 Å². The summed E-state index contributed by atoms with van der Waals surface area (Å²) in [5, 5.41) is 15.1. The van der Waals surface area contributed by atoms with Gasteiger partial charge in [-0.15, -0.1) is 0 Å². The van der Waals surface area contributed by atoms with Gasteiger partial charge in [0.25, 0.3) is 5.91 Å². The lowest BCUT2D eigenvalue weighted by Crippen LogP contribution is -3.08. The summed E-state index contributed by atoms with van der Waals surface area (Å²) in [5.74, 6) is -3.31. The van der Waals surface area contributed by atoms with Gasteiger partial charge in [0.15, 0.2) is 16.0 Å². The minimum atomic E-state index is -5.19. The molecular formula is C24H20Cl2F4N8O4. The maximum Gasteiger partial charge on any atom is 0.430 e. The number of halogens is 6. The SMILES string of the molecule is O=C([O-])C(F)(F)F.O=C(c1cc(Cc2n[nH]c(=O)n3c(Cl)c(Cl)nc23)ccc1F)N1CCC[NH+](c2ncccn2)CC1. The molecule has 18 heteroatoms. The second-order valence-corrected chi connectivity index (χ2v) is 9.64. The molecule has 0 spiro atoms. The van der Waals surface area contributed by atoms with E-state index in [1.807, 2.05) is 0 Å². The largest absolute Gasteiger partial charge is 0.542 e. The number of carboxylic acids is 1. The highest BCUT2D eigenvalue weighted by Gasteiger charge is 2.29. The maximum atomic E-state index is 14.7. The lowest BCUT2D eigenvalue weighted by atomic mass is 10.0. The Hall–Kier alpha value is -4.15. The highest BCUT2D eigenvalue weighted by Crippen LogP contribution is 2.24. The zero-order valence-corrected chi connectivity index (χ0v) is 22.8. The number of hydrogen-bond acceptors (Lipinski definition) is 8. The molecule has 1 amide bonds. The average Bonchev–Trinajstić information content (AvgIpc) is 3.11. The number of aromatic amines is 1. The zero-order valence-electron chi connectivity index (χ0n) is 21.3. The molecule has 1 unspecified atom stereocenters. The first kappa shape index (κ1) is 30.8. The van der Waals surface area contributed by atoms with E-state index < -0.39 is 23.7 Å². The number of carbonyl (C=O) groups excluding carboxylic acids is 2. The van der Waals surface area contributed by atoms with Gasteiger partial charge >= 0.3 is 17.8 Å². The van der Waals surface area contributed by atoms with Crippen LogP contribution >= 0.6 is 23.2 Å². The van der Waals surface area contributed by atoms with Crippen LogP contribution in [0.2, 0.25) is 10.3 Å². The summed E-state index contributed by atoms with van der Waals surface area (Å²) in [4.78, 5) is 49.6. The van der Waals surface area contributed by atoms with Crippen LogP contribution in [0, 0.1) is 5.82 Å². The normalized spacial score (nSPS) is 15.6. The van der Waals surface area contributed by atoms with Crippen LogP contribution < -0.4 is 15.7 Å². The first-order valence-corrected chi connectivity index (χ1v) is 12.9. The van der Waals surface area contributed by atoms with E-state index in [9.17, 15) is 27.2 Å². The van der Waals surface area contributed by atoms with E-state index in [2.05, 4.69) is 25.1 Å². The minimum absolute atomic E-state index is 0.0261. The van der Waals surface area contributed by atoms with Crippen molar-refractivity contribution in [3.05, 3.63) is 80.1 Å². The van der Waals surface area contributed by atoms with Crippen LogP contribution in [-0.4, -0.2) is 78.7 Å². The second-order valence-electron chi connectivity index (χ2n) is 8.93. The number of fused-ring (bicyclic) bond motifs is 1. The Kier molecular flexibility index (Phi) is 9.38. The number of nitrogens with zero attached hydrogens (tertiary/aromatic N) is 6. The van der Waals surface area contributed by atoms with Gasteiger partial charge in [-0.2, -0.15) is 28.2 Å². The van der Waals surface area contributed by atoms with Crippen LogP contribution in [0.15, 0.2) is 41.5 Å². The molecule has 0 radical (unpaired) electrons. The minimum Gasteiger partial charge on any atom is -0.542 e. The molecule has 0 bridgehead atoms. The van der Waals surface area contributed by atoms with Crippen LogP contribution in [0.4, 0.5) is 23.5 Å². The molecule has 1 aromatic carbocycles. The molecule has 0 saturated carbocycles. The molecule has 12 nitrogen and oxygen atoms in total. The average molecular weight is 631 g/mol. The maximum absolute atomic E-state index is 14.7. The molecule has 4 heterocycles. The lowest BCUT2D eigenvalue weighted by Gasteiger charge is -2.20. The second kappa shape index (κ2) is 12.8. The summed E-state index contributed by atoms with van der Waals surface area (Å²) in [6.45, 7) is 2.35. The summed E-state index contributed by atoms with van der Waals surface area (Å²) in [5.41, 5.74) is 0.578. The van der Waals surface area contributed by atoms with Crippen molar-refractivity contribution in [1.82, 2.24) is 34.4 Å². The highest BCUT2D eigenvalue weighted by molar-refractivity contribution is 6.40. The fourth-order valence-electron chi connectivity index (χ4n) is 4.20. The Bertz CT molecular complexity index is 1670. The molecule has 42 heavy (non-hydrogen) atoms. The number of amides is 1. The zero-order chi connectivity index (χ0) is 30.6. The number of rotatable bonds is 4. The van der Waals surface area contributed by atoms with Gasteiger partial charge in [0.1, 0.15) is 24.0 Å². The Labute approximate surface area is 243 Å². The van der Waals surface area contributed by atoms with Gasteiger partial charge < -0.3 is 14.8 Å². The van der Waals surface area contributed by atoms with Crippen LogP contribution in [0.25, 0.3) is 5.65 Å². The van der Waals surface area contributed by atoms with Crippen molar-refractivity contribution in [2.45, 2.75) is 19.0 Å². The quantitative estimate of drug-likeness (QED) is 0.311. The van der Waals surface area contributed by atoms with Crippen LogP contribution in [0.5, 0.6) is 0 Å². The van der Waals surface area contributed by atoms with Crippen molar-refractivity contribution < 1.29 is 37.2 Å². The van der Waals surface area contributed by atoms with E-state index >= 15 is 0 Å². The number of H-pyrrole nitrogens is 1. The molecular weight excluding hydrogens is 611 g/mol. The molecule has 2 N–H and O–H groups in total. The van der Waals surface area contributed by atoms with E-state index in [0.29, 0.717) is 36.8 Å². The van der Waals surface area contributed by atoms with E-state index in [1.54, 1.807) is 29.4 Å². The van der Waals surface area contributed by atoms with Gasteiger partial charge in [-0.1, -0.05) is 29.3 Å². The number of hydrogen-bond donors (Lipinski definition) is 2. The van der Waals surface area contributed by atoms with Gasteiger partial charge in [-0.05, 0) is 23.8 Å². The van der Waals surface area contributed by atoms with Crippen molar-refractivity contribution in [2.24, 2.45) is 0 Å². The smallest absolute Gasteiger partial charge is 0.430 e. The number of carboxylic acid groups (broad SMARTS) is 1. The van der Waals surface area contributed by atoms with E-state index in [0.717, 1.165) is 22.3 Å². The summed E-state index contributed by atoms with van der Waals surface area (Å²) < 4.78 is 47.4. The van der Waals surface area contributed by atoms with Gasteiger partial charge in [-0.3, -0.25) is 9.69 Å². The van der Waals surface area contributed by atoms with Crippen LogP contribution in [0.1, 0.15) is 28.0 Å². The number of aliphatic carboxylic acids is 1. The number of quaternary nitrogens is 1. The van der Waals surface area contributed by atoms with Crippen molar-refractivity contribution in [3.8, 4) is 0 Å². The van der Waals surface area contributed by atoms with Gasteiger partial charge in [0.2, 0.25) is 0 Å². The molecule has 1 aliphatic heterocycles. The summed E-state index contributed by atoms with van der Waals surface area (Å²) in [7, 11) is 0. The number of alkyl halides is 3. The molecule has 0 aliphatic carbocycles.